The van der Waals surface area contributed by atoms with Crippen LogP contribution in [0.15, 0.2) is 291 Å². The maximum Gasteiger partial charge on any atom is 0.0713 e. The Balaban J connectivity index is 0.973. The fraction of sp³-hybridized carbons (Fsp3) is 0.0541. The highest BCUT2D eigenvalue weighted by atomic mass is 15.2. The quantitative estimate of drug-likeness (QED) is 0.135. The topological polar surface area (TPSA) is 6.48 Å². The summed E-state index contributed by atoms with van der Waals surface area (Å²) in [5.41, 5.74) is 23.6. The summed E-state index contributed by atoms with van der Waals surface area (Å²) in [4.78, 5) is 4.89. The molecule has 0 spiro atoms. The molecular weight excluding hydrogens is 917 g/mol. The molecule has 12 aromatic rings. The Morgan fingerprint density at radius 2 is 0.737 bits per heavy atom. The van der Waals surface area contributed by atoms with E-state index in [2.05, 4.69) is 315 Å². The third kappa shape index (κ3) is 7.09. The fourth-order valence-corrected chi connectivity index (χ4v) is 12.9. The fourth-order valence-electron chi connectivity index (χ4n) is 12.9. The lowest BCUT2D eigenvalue weighted by atomic mass is 9.67. The molecule has 12 aromatic carbocycles. The number of hydrogen-bond acceptors (Lipinski definition) is 2. The minimum absolute atomic E-state index is 0.0772. The highest BCUT2D eigenvalue weighted by Gasteiger charge is 2.46. The standard InChI is InChI=1S/C74H54N2/c1-73(2)67-40-18-15-37-65(67)66-50-59(45-47-68(66)73)75(56-29-9-4-10-30-56)71-43-22-25-51-48-53(44-46-60(51)71)62-39-23-38-61(72(62)76(57-31-11-5-12-32-57)58-33-13-6-14-34-58)52-24-21-28-55(49-52)74(54-26-7-3-8-27-54)69-41-19-16-35-63(69)64-36-17-20-42-70(64)74/h3-50H,1-2H3. The van der Waals surface area contributed by atoms with E-state index < -0.39 is 5.41 Å². The molecule has 2 aliphatic carbocycles. The van der Waals surface area contributed by atoms with Crippen LogP contribution in [0, 0.1) is 0 Å². The molecule has 0 fully saturated rings. The Morgan fingerprint density at radius 3 is 1.36 bits per heavy atom. The molecule has 14 rings (SSSR count). The van der Waals surface area contributed by atoms with Crippen molar-refractivity contribution in [3.8, 4) is 44.5 Å². The molecule has 0 aromatic heterocycles. The zero-order chi connectivity index (χ0) is 50.8. The Hall–Kier alpha value is -9.50. The van der Waals surface area contributed by atoms with E-state index in [-0.39, 0.29) is 5.41 Å². The first kappa shape index (κ1) is 45.1. The lowest BCUT2D eigenvalue weighted by molar-refractivity contribution is 0.660. The van der Waals surface area contributed by atoms with Crippen LogP contribution in [0.1, 0.15) is 47.2 Å². The van der Waals surface area contributed by atoms with E-state index in [0.717, 1.165) is 61.8 Å². The lowest BCUT2D eigenvalue weighted by Crippen LogP contribution is -2.28. The molecule has 0 heterocycles. The van der Waals surface area contributed by atoms with Crippen LogP contribution in [-0.4, -0.2) is 0 Å². The summed E-state index contributed by atoms with van der Waals surface area (Å²) < 4.78 is 0. The largest absolute Gasteiger partial charge is 0.310 e. The molecule has 76 heavy (non-hydrogen) atoms. The molecule has 0 saturated carbocycles. The Kier molecular flexibility index (Phi) is 10.8. The first-order chi connectivity index (χ1) is 37.5. The highest BCUT2D eigenvalue weighted by Crippen LogP contribution is 2.57. The number of nitrogens with zero attached hydrogens (tertiary/aromatic N) is 2. The van der Waals surface area contributed by atoms with Crippen LogP contribution in [0.25, 0.3) is 55.3 Å². The zero-order valence-electron chi connectivity index (χ0n) is 42.6. The number of anilines is 6. The van der Waals surface area contributed by atoms with Gasteiger partial charge in [-0.15, -0.1) is 0 Å². The number of rotatable bonds is 10. The average molecular weight is 971 g/mol. The maximum absolute atomic E-state index is 2.46. The lowest BCUT2D eigenvalue weighted by Gasteiger charge is -2.34. The van der Waals surface area contributed by atoms with Crippen molar-refractivity contribution < 1.29 is 0 Å². The van der Waals surface area contributed by atoms with Gasteiger partial charge in [-0.1, -0.05) is 238 Å². The molecular formula is C74H54N2. The van der Waals surface area contributed by atoms with Crippen LogP contribution in [0.5, 0.6) is 0 Å². The van der Waals surface area contributed by atoms with Gasteiger partial charge in [-0.3, -0.25) is 0 Å². The third-order valence-corrected chi connectivity index (χ3v) is 16.3. The van der Waals surface area contributed by atoms with Gasteiger partial charge in [0, 0.05) is 44.7 Å². The van der Waals surface area contributed by atoms with E-state index in [4.69, 9.17) is 0 Å². The highest BCUT2D eigenvalue weighted by molar-refractivity contribution is 6.04. The Morgan fingerprint density at radius 1 is 0.276 bits per heavy atom. The monoisotopic (exact) mass is 970 g/mol. The molecule has 0 N–H and O–H groups in total. The SMILES string of the molecule is CC1(C)c2ccccc2-c2cc(N(c3ccccc3)c3cccc4cc(-c5cccc(-c6cccc(C7(c8ccccc8)c8ccccc8-c8ccccc87)c6)c5N(c5ccccc5)c5ccccc5)ccc34)ccc21. The van der Waals surface area contributed by atoms with Gasteiger partial charge in [0.05, 0.1) is 16.8 Å². The second-order valence-corrected chi connectivity index (χ2v) is 20.8. The minimum atomic E-state index is -0.536. The van der Waals surface area contributed by atoms with E-state index in [1.54, 1.807) is 0 Å². The molecule has 0 bridgehead atoms. The minimum Gasteiger partial charge on any atom is -0.310 e. The molecule has 0 unspecified atom stereocenters. The van der Waals surface area contributed by atoms with E-state index in [1.165, 1.54) is 61.0 Å². The van der Waals surface area contributed by atoms with Gasteiger partial charge in [0.25, 0.3) is 0 Å². The average Bonchev–Trinajstić information content (AvgIpc) is 4.11. The normalized spacial score (nSPS) is 13.3. The number of benzene rings is 12. The predicted octanol–water partition coefficient (Wildman–Crippen LogP) is 19.8. The smallest absolute Gasteiger partial charge is 0.0713 e. The molecule has 2 nitrogen and oxygen atoms in total. The summed E-state index contributed by atoms with van der Waals surface area (Å²) in [6.07, 6.45) is 0. The van der Waals surface area contributed by atoms with Gasteiger partial charge in [0.1, 0.15) is 0 Å². The van der Waals surface area contributed by atoms with Crippen LogP contribution in [0.2, 0.25) is 0 Å². The Labute approximate surface area is 446 Å². The number of para-hydroxylation sites is 4. The number of hydrogen-bond donors (Lipinski definition) is 0. The van der Waals surface area contributed by atoms with Crippen molar-refractivity contribution in [3.05, 3.63) is 325 Å². The second kappa shape index (κ2) is 18.2. The summed E-state index contributed by atoms with van der Waals surface area (Å²) in [7, 11) is 0. The number of fused-ring (bicyclic) bond motifs is 7. The maximum atomic E-state index is 2.46. The van der Waals surface area contributed by atoms with Gasteiger partial charge in [0.2, 0.25) is 0 Å². The Bertz CT molecular complexity index is 4060. The molecule has 0 atom stereocenters. The second-order valence-electron chi connectivity index (χ2n) is 20.8. The summed E-state index contributed by atoms with van der Waals surface area (Å²) in [6.45, 7) is 4.70. The van der Waals surface area contributed by atoms with E-state index in [0.29, 0.717) is 0 Å². The summed E-state index contributed by atoms with van der Waals surface area (Å²) in [5, 5.41) is 2.34. The van der Waals surface area contributed by atoms with E-state index in [9.17, 15) is 0 Å². The van der Waals surface area contributed by atoms with Crippen LogP contribution >= 0.6 is 0 Å². The van der Waals surface area contributed by atoms with Crippen LogP contribution in [0.3, 0.4) is 0 Å². The zero-order valence-corrected chi connectivity index (χ0v) is 42.6. The molecule has 360 valence electrons. The van der Waals surface area contributed by atoms with Crippen LogP contribution < -0.4 is 9.80 Å². The predicted molar refractivity (Wildman–Crippen MR) is 319 cm³/mol. The van der Waals surface area contributed by atoms with Gasteiger partial charge in [-0.05, 0) is 139 Å². The first-order valence-electron chi connectivity index (χ1n) is 26.5. The molecule has 0 amide bonds. The van der Waals surface area contributed by atoms with Crippen LogP contribution in [0.4, 0.5) is 34.1 Å². The molecule has 0 radical (unpaired) electrons. The van der Waals surface area contributed by atoms with Gasteiger partial charge in [-0.25, -0.2) is 0 Å². The van der Waals surface area contributed by atoms with E-state index in [1.807, 2.05) is 0 Å². The molecule has 2 aliphatic rings. The first-order valence-corrected chi connectivity index (χ1v) is 26.5. The summed E-state index contributed by atoms with van der Waals surface area (Å²) in [6, 6.07) is 108. The van der Waals surface area contributed by atoms with Crippen LogP contribution in [-0.2, 0) is 10.8 Å². The van der Waals surface area contributed by atoms with Gasteiger partial charge < -0.3 is 9.80 Å². The summed E-state index contributed by atoms with van der Waals surface area (Å²) in [5.74, 6) is 0. The third-order valence-electron chi connectivity index (χ3n) is 16.3. The molecule has 0 aliphatic heterocycles. The molecule has 2 heteroatoms. The van der Waals surface area contributed by atoms with Gasteiger partial charge >= 0.3 is 0 Å². The molecule has 0 saturated heterocycles. The summed E-state index contributed by atoms with van der Waals surface area (Å²) >= 11 is 0. The van der Waals surface area contributed by atoms with Crippen molar-refractivity contribution in [3.63, 3.8) is 0 Å². The van der Waals surface area contributed by atoms with Gasteiger partial charge in [-0.2, -0.15) is 0 Å². The van der Waals surface area contributed by atoms with Gasteiger partial charge in [0.15, 0.2) is 0 Å². The van der Waals surface area contributed by atoms with Crippen molar-refractivity contribution in [1.82, 2.24) is 0 Å². The van der Waals surface area contributed by atoms with Crippen molar-refractivity contribution in [2.45, 2.75) is 24.7 Å². The van der Waals surface area contributed by atoms with E-state index >= 15 is 0 Å². The van der Waals surface area contributed by atoms with Crippen molar-refractivity contribution >= 4 is 44.9 Å². The van der Waals surface area contributed by atoms with Crippen molar-refractivity contribution in [2.24, 2.45) is 0 Å². The van der Waals surface area contributed by atoms with Crippen molar-refractivity contribution in [1.29, 1.82) is 0 Å². The van der Waals surface area contributed by atoms with Crippen molar-refractivity contribution in [2.75, 3.05) is 9.80 Å².